The van der Waals surface area contributed by atoms with E-state index in [-0.39, 0.29) is 17.9 Å². The maximum Gasteiger partial charge on any atom is 0.251 e. The molecule has 0 aliphatic carbocycles. The number of methoxy groups -OCH3 is 1. The van der Waals surface area contributed by atoms with E-state index in [1.165, 1.54) is 0 Å². The summed E-state index contributed by atoms with van der Waals surface area (Å²) in [6, 6.07) is 13.2. The van der Waals surface area contributed by atoms with Crippen LogP contribution in [0.15, 0.2) is 42.5 Å². The Morgan fingerprint density at radius 2 is 2.00 bits per heavy atom. The second-order valence-electron chi connectivity index (χ2n) is 7.30. The molecular formula is C22H25N3O3. The molecule has 0 radical (unpaired) electrons. The molecule has 0 saturated carbocycles. The zero-order valence-electron chi connectivity index (χ0n) is 16.3. The Balaban J connectivity index is 1.55. The summed E-state index contributed by atoms with van der Waals surface area (Å²) in [5.74, 6) is 0.684. The number of hydrogen-bond donors (Lipinski definition) is 1. The molecule has 2 aromatic carbocycles. The number of anilines is 2. The first-order valence-electron chi connectivity index (χ1n) is 9.68. The zero-order chi connectivity index (χ0) is 19.7. The van der Waals surface area contributed by atoms with Crippen molar-refractivity contribution in [2.75, 3.05) is 30.5 Å². The summed E-state index contributed by atoms with van der Waals surface area (Å²) in [5.41, 5.74) is 3.30. The molecule has 0 aromatic heterocycles. The van der Waals surface area contributed by atoms with Gasteiger partial charge in [-0.1, -0.05) is 18.2 Å². The van der Waals surface area contributed by atoms with Gasteiger partial charge in [0, 0.05) is 31.3 Å². The molecule has 2 heterocycles. The van der Waals surface area contributed by atoms with Crippen LogP contribution in [-0.2, 0) is 11.3 Å². The lowest BCUT2D eigenvalue weighted by Crippen LogP contribution is -2.54. The smallest absolute Gasteiger partial charge is 0.251 e. The summed E-state index contributed by atoms with van der Waals surface area (Å²) in [4.78, 5) is 29.3. The minimum absolute atomic E-state index is 0.0727. The lowest BCUT2D eigenvalue weighted by molar-refractivity contribution is -0.120. The maximum absolute atomic E-state index is 12.8. The summed E-state index contributed by atoms with van der Waals surface area (Å²) in [7, 11) is 3.41. The molecular weight excluding hydrogens is 354 g/mol. The van der Waals surface area contributed by atoms with Crippen LogP contribution in [0.4, 0.5) is 11.4 Å². The monoisotopic (exact) mass is 379 g/mol. The van der Waals surface area contributed by atoms with E-state index in [2.05, 4.69) is 10.2 Å². The number of rotatable bonds is 4. The number of ether oxygens (including phenoxy) is 1. The van der Waals surface area contributed by atoms with Gasteiger partial charge < -0.3 is 19.9 Å². The molecule has 2 aliphatic heterocycles. The van der Waals surface area contributed by atoms with Gasteiger partial charge in [-0.3, -0.25) is 9.59 Å². The average Bonchev–Trinajstić information content (AvgIpc) is 2.75. The summed E-state index contributed by atoms with van der Waals surface area (Å²) in [6.07, 6.45) is 3.07. The van der Waals surface area contributed by atoms with Gasteiger partial charge in [0.25, 0.3) is 5.91 Å². The molecule has 1 fully saturated rings. The fourth-order valence-corrected chi connectivity index (χ4v) is 4.12. The lowest BCUT2D eigenvalue weighted by atomic mass is 9.96. The van der Waals surface area contributed by atoms with E-state index in [0.29, 0.717) is 12.1 Å². The van der Waals surface area contributed by atoms with E-state index < -0.39 is 0 Å². The van der Waals surface area contributed by atoms with Crippen molar-refractivity contribution in [1.29, 1.82) is 0 Å². The number of nitrogens with one attached hydrogen (secondary N) is 1. The molecule has 1 atom stereocenters. The summed E-state index contributed by atoms with van der Waals surface area (Å²) >= 11 is 0. The van der Waals surface area contributed by atoms with Gasteiger partial charge in [0.2, 0.25) is 5.91 Å². The molecule has 1 N–H and O–H groups in total. The fourth-order valence-electron chi connectivity index (χ4n) is 4.12. The summed E-state index contributed by atoms with van der Waals surface area (Å²) in [5, 5.41) is 2.94. The van der Waals surface area contributed by atoms with Gasteiger partial charge in [0.15, 0.2) is 0 Å². The van der Waals surface area contributed by atoms with Crippen molar-refractivity contribution in [3.63, 3.8) is 0 Å². The average molecular weight is 379 g/mol. The Labute approximate surface area is 165 Å². The number of nitrogens with zero attached hydrogens (tertiary/aromatic N) is 2. The molecule has 2 aliphatic rings. The second kappa shape index (κ2) is 7.54. The van der Waals surface area contributed by atoms with Crippen LogP contribution >= 0.6 is 0 Å². The van der Waals surface area contributed by atoms with Gasteiger partial charge >= 0.3 is 0 Å². The number of benzene rings is 2. The van der Waals surface area contributed by atoms with Crippen molar-refractivity contribution >= 4 is 23.2 Å². The van der Waals surface area contributed by atoms with Gasteiger partial charge in [-0.15, -0.1) is 0 Å². The first-order chi connectivity index (χ1) is 13.6. The molecule has 6 nitrogen and oxygen atoms in total. The normalized spacial score (nSPS) is 18.4. The molecule has 0 bridgehead atoms. The van der Waals surface area contributed by atoms with E-state index >= 15 is 0 Å². The number of carbonyl (C=O) groups excluding carboxylic acids is 2. The van der Waals surface area contributed by atoms with E-state index in [9.17, 15) is 9.59 Å². The highest BCUT2D eigenvalue weighted by Crippen LogP contribution is 2.39. The Morgan fingerprint density at radius 1 is 1.18 bits per heavy atom. The highest BCUT2D eigenvalue weighted by molar-refractivity contribution is 6.07. The summed E-state index contributed by atoms with van der Waals surface area (Å²) in [6.45, 7) is 1.26. The van der Waals surface area contributed by atoms with Crippen molar-refractivity contribution < 1.29 is 14.3 Å². The van der Waals surface area contributed by atoms with Crippen molar-refractivity contribution in [3.05, 3.63) is 53.6 Å². The van der Waals surface area contributed by atoms with Gasteiger partial charge in [-0.05, 0) is 43.5 Å². The maximum atomic E-state index is 12.8. The molecule has 0 unspecified atom stereocenters. The molecule has 0 spiro atoms. The highest BCUT2D eigenvalue weighted by Gasteiger charge is 2.37. The van der Waals surface area contributed by atoms with Crippen LogP contribution in [0.3, 0.4) is 0 Å². The molecule has 2 amide bonds. The number of fused-ring (bicyclic) bond motifs is 3. The van der Waals surface area contributed by atoms with Crippen LogP contribution in [0.2, 0.25) is 0 Å². The predicted molar refractivity (Wildman–Crippen MR) is 109 cm³/mol. The van der Waals surface area contributed by atoms with E-state index in [0.717, 1.165) is 48.5 Å². The SMILES string of the molecule is COc1ccccc1CNC(=O)c1ccc2c(c1)N(C)C(=O)[C@H]1CCCCN21. The molecule has 4 rings (SSSR count). The van der Waals surface area contributed by atoms with Crippen LogP contribution in [-0.4, -0.2) is 38.6 Å². The molecule has 2 aromatic rings. The first-order valence-corrected chi connectivity index (χ1v) is 9.68. The minimum Gasteiger partial charge on any atom is -0.496 e. The number of likely N-dealkylation sites (N-methyl/N-ethyl adjacent to an activating group) is 1. The first kappa shape index (κ1) is 18.3. The van der Waals surface area contributed by atoms with E-state index in [1.807, 2.05) is 42.5 Å². The van der Waals surface area contributed by atoms with Crippen LogP contribution in [0.1, 0.15) is 35.2 Å². The quantitative estimate of drug-likeness (QED) is 0.887. The van der Waals surface area contributed by atoms with Crippen LogP contribution in [0.25, 0.3) is 0 Å². The van der Waals surface area contributed by atoms with Crippen molar-refractivity contribution in [1.82, 2.24) is 5.32 Å². The third-order valence-corrected chi connectivity index (χ3v) is 5.66. The second-order valence-corrected chi connectivity index (χ2v) is 7.30. The molecule has 6 heteroatoms. The van der Waals surface area contributed by atoms with Crippen LogP contribution in [0, 0.1) is 0 Å². The third-order valence-electron chi connectivity index (χ3n) is 5.66. The molecule has 28 heavy (non-hydrogen) atoms. The topological polar surface area (TPSA) is 61.9 Å². The number of carbonyl (C=O) groups is 2. The van der Waals surface area contributed by atoms with Crippen molar-refractivity contribution in [3.8, 4) is 5.75 Å². The van der Waals surface area contributed by atoms with Crippen LogP contribution < -0.4 is 19.9 Å². The molecule has 1 saturated heterocycles. The van der Waals surface area contributed by atoms with Crippen molar-refractivity contribution in [2.24, 2.45) is 0 Å². The Hall–Kier alpha value is -3.02. The van der Waals surface area contributed by atoms with Gasteiger partial charge in [-0.25, -0.2) is 0 Å². The minimum atomic E-state index is -0.171. The molecule has 146 valence electrons. The Morgan fingerprint density at radius 3 is 2.82 bits per heavy atom. The zero-order valence-corrected chi connectivity index (χ0v) is 16.3. The Bertz CT molecular complexity index is 912. The number of piperidine rings is 1. The van der Waals surface area contributed by atoms with Gasteiger partial charge in [-0.2, -0.15) is 0 Å². The van der Waals surface area contributed by atoms with Crippen LogP contribution in [0.5, 0.6) is 5.75 Å². The number of para-hydroxylation sites is 1. The van der Waals surface area contributed by atoms with E-state index in [4.69, 9.17) is 4.74 Å². The number of hydrogen-bond acceptors (Lipinski definition) is 4. The lowest BCUT2D eigenvalue weighted by Gasteiger charge is -2.44. The largest absolute Gasteiger partial charge is 0.496 e. The van der Waals surface area contributed by atoms with Crippen molar-refractivity contribution in [2.45, 2.75) is 31.8 Å². The fraction of sp³-hybridized carbons (Fsp3) is 0.364. The summed E-state index contributed by atoms with van der Waals surface area (Å²) < 4.78 is 5.33. The predicted octanol–water partition coefficient (Wildman–Crippen LogP) is 2.96. The van der Waals surface area contributed by atoms with Gasteiger partial charge in [0.1, 0.15) is 11.8 Å². The third kappa shape index (κ3) is 3.19. The Kier molecular flexibility index (Phi) is 4.94. The van der Waals surface area contributed by atoms with Gasteiger partial charge in [0.05, 0.1) is 18.5 Å². The number of amides is 2. The highest BCUT2D eigenvalue weighted by atomic mass is 16.5. The standard InChI is InChI=1S/C22H25N3O3/c1-24-19-13-15(21(26)23-14-16-7-3-4-9-20(16)28-2)10-11-17(19)25-12-6-5-8-18(25)22(24)27/h3-4,7,9-11,13,18H,5-6,8,12,14H2,1-2H3,(H,23,26)/t18-/m1/s1. The van der Waals surface area contributed by atoms with E-state index in [1.54, 1.807) is 19.1 Å².